The van der Waals surface area contributed by atoms with Crippen molar-refractivity contribution >= 4 is 11.4 Å². The molecule has 2 aromatic carbocycles. The number of hydrogen-bond donors (Lipinski definition) is 1. The average Bonchev–Trinajstić information content (AvgIpc) is 2.41. The Kier molecular flexibility index (Phi) is 3.58. The fourth-order valence-electron chi connectivity index (χ4n) is 1.70. The summed E-state index contributed by atoms with van der Waals surface area (Å²) in [5.74, 6) is -1.69. The molecule has 0 saturated carbocycles. The van der Waals surface area contributed by atoms with Crippen LogP contribution in [-0.4, -0.2) is 7.05 Å². The molecular weight excluding hydrogens is 234 g/mol. The predicted molar refractivity (Wildman–Crippen MR) is 68.8 cm³/mol. The van der Waals surface area contributed by atoms with Gasteiger partial charge in [-0.05, 0) is 29.8 Å². The third-order valence-corrected chi connectivity index (χ3v) is 2.85. The highest BCUT2D eigenvalue weighted by Crippen LogP contribution is 2.25. The third-order valence-electron chi connectivity index (χ3n) is 2.85. The molecular formula is C14H14F2N2. The molecule has 0 bridgehead atoms. The number of halogens is 2. The second kappa shape index (κ2) is 5.14. The van der Waals surface area contributed by atoms with Gasteiger partial charge in [-0.25, -0.2) is 8.78 Å². The minimum Gasteiger partial charge on any atom is -0.345 e. The lowest BCUT2D eigenvalue weighted by Crippen LogP contribution is -2.10. The smallest absolute Gasteiger partial charge is 0.160 e. The van der Waals surface area contributed by atoms with Gasteiger partial charge in [-0.2, -0.15) is 0 Å². The molecule has 18 heavy (non-hydrogen) atoms. The van der Waals surface area contributed by atoms with Gasteiger partial charge in [0, 0.05) is 31.0 Å². The van der Waals surface area contributed by atoms with Gasteiger partial charge in [0.1, 0.15) is 0 Å². The maximum atomic E-state index is 13.2. The molecule has 0 spiro atoms. The van der Waals surface area contributed by atoms with Crippen molar-refractivity contribution in [2.24, 2.45) is 5.73 Å². The lowest BCUT2D eigenvalue weighted by molar-refractivity contribution is 0.509. The molecule has 0 unspecified atom stereocenters. The predicted octanol–water partition coefficient (Wildman–Crippen LogP) is 3.19. The van der Waals surface area contributed by atoms with Crippen molar-refractivity contribution in [3.63, 3.8) is 0 Å². The minimum absolute atomic E-state index is 0.481. The zero-order chi connectivity index (χ0) is 13.1. The Bertz CT molecular complexity index is 538. The van der Waals surface area contributed by atoms with Crippen LogP contribution >= 0.6 is 0 Å². The fourth-order valence-corrected chi connectivity index (χ4v) is 1.70. The van der Waals surface area contributed by atoms with E-state index in [1.54, 1.807) is 11.9 Å². The van der Waals surface area contributed by atoms with Crippen LogP contribution in [0, 0.1) is 11.6 Å². The fraction of sp³-hybridized carbons (Fsp3) is 0.143. The van der Waals surface area contributed by atoms with Crippen LogP contribution < -0.4 is 10.6 Å². The summed E-state index contributed by atoms with van der Waals surface area (Å²) in [5.41, 5.74) is 8.02. The van der Waals surface area contributed by atoms with Gasteiger partial charge in [0.15, 0.2) is 11.6 Å². The first-order valence-corrected chi connectivity index (χ1v) is 5.59. The Labute approximate surface area is 105 Å². The number of rotatable bonds is 3. The quantitative estimate of drug-likeness (QED) is 0.903. The van der Waals surface area contributed by atoms with Crippen LogP contribution in [-0.2, 0) is 6.54 Å². The molecule has 2 aromatic rings. The Balaban J connectivity index is 2.28. The van der Waals surface area contributed by atoms with Gasteiger partial charge < -0.3 is 10.6 Å². The highest BCUT2D eigenvalue weighted by Gasteiger charge is 2.07. The summed E-state index contributed by atoms with van der Waals surface area (Å²) < 4.78 is 26.0. The van der Waals surface area contributed by atoms with Crippen LogP contribution in [0.5, 0.6) is 0 Å². The van der Waals surface area contributed by atoms with Gasteiger partial charge in [-0.1, -0.05) is 12.1 Å². The van der Waals surface area contributed by atoms with Gasteiger partial charge in [-0.3, -0.25) is 0 Å². The summed E-state index contributed by atoms with van der Waals surface area (Å²) in [5, 5.41) is 0. The van der Waals surface area contributed by atoms with Gasteiger partial charge in [0.05, 0.1) is 0 Å². The van der Waals surface area contributed by atoms with Gasteiger partial charge in [0.2, 0.25) is 0 Å². The normalized spacial score (nSPS) is 10.4. The molecule has 2 rings (SSSR count). The van der Waals surface area contributed by atoms with E-state index >= 15 is 0 Å². The number of anilines is 2. The van der Waals surface area contributed by atoms with Crippen molar-refractivity contribution in [2.45, 2.75) is 6.54 Å². The molecule has 0 atom stereocenters. The first-order valence-electron chi connectivity index (χ1n) is 5.59. The van der Waals surface area contributed by atoms with Gasteiger partial charge in [-0.15, -0.1) is 0 Å². The zero-order valence-corrected chi connectivity index (χ0v) is 10.0. The maximum absolute atomic E-state index is 13.2. The minimum atomic E-state index is -0.849. The molecule has 0 amide bonds. The topological polar surface area (TPSA) is 29.3 Å². The SMILES string of the molecule is CN(c1ccc(CN)cc1)c1ccc(F)c(F)c1. The van der Waals surface area contributed by atoms with E-state index in [1.165, 1.54) is 12.1 Å². The van der Waals surface area contributed by atoms with E-state index in [0.29, 0.717) is 12.2 Å². The summed E-state index contributed by atoms with van der Waals surface area (Å²) in [4.78, 5) is 1.78. The third kappa shape index (κ3) is 2.49. The molecule has 0 saturated heterocycles. The van der Waals surface area contributed by atoms with E-state index in [2.05, 4.69) is 0 Å². The van der Waals surface area contributed by atoms with Crippen LogP contribution in [0.25, 0.3) is 0 Å². The van der Waals surface area contributed by atoms with Crippen LogP contribution in [0.1, 0.15) is 5.56 Å². The Hall–Kier alpha value is -1.94. The molecule has 94 valence electrons. The summed E-state index contributed by atoms with van der Waals surface area (Å²) in [6.07, 6.45) is 0. The maximum Gasteiger partial charge on any atom is 0.160 e. The molecule has 4 heteroatoms. The Morgan fingerprint density at radius 2 is 1.56 bits per heavy atom. The van der Waals surface area contributed by atoms with Gasteiger partial charge >= 0.3 is 0 Å². The second-order valence-electron chi connectivity index (χ2n) is 4.03. The Morgan fingerprint density at radius 1 is 0.944 bits per heavy atom. The zero-order valence-electron chi connectivity index (χ0n) is 10.0. The number of nitrogens with zero attached hydrogens (tertiary/aromatic N) is 1. The Morgan fingerprint density at radius 3 is 2.11 bits per heavy atom. The molecule has 0 heterocycles. The molecule has 2 N–H and O–H groups in total. The van der Waals surface area contributed by atoms with E-state index in [0.717, 1.165) is 17.3 Å². The highest BCUT2D eigenvalue weighted by molar-refractivity contribution is 5.62. The molecule has 0 aliphatic rings. The van der Waals surface area contributed by atoms with E-state index in [9.17, 15) is 8.78 Å². The molecule has 0 aliphatic heterocycles. The first kappa shape index (κ1) is 12.5. The van der Waals surface area contributed by atoms with Crippen molar-refractivity contribution < 1.29 is 8.78 Å². The summed E-state index contributed by atoms with van der Waals surface area (Å²) in [6, 6.07) is 11.4. The standard InChI is InChI=1S/C14H14F2N2/c1-18(11-4-2-10(9-17)3-5-11)12-6-7-13(15)14(16)8-12/h2-8H,9,17H2,1H3. The van der Waals surface area contributed by atoms with Crippen LogP contribution in [0.15, 0.2) is 42.5 Å². The second-order valence-corrected chi connectivity index (χ2v) is 4.03. The summed E-state index contributed by atoms with van der Waals surface area (Å²) in [6.45, 7) is 0.481. The highest BCUT2D eigenvalue weighted by atomic mass is 19.2. The lowest BCUT2D eigenvalue weighted by atomic mass is 10.2. The molecule has 0 aromatic heterocycles. The molecule has 0 fully saturated rings. The molecule has 0 aliphatic carbocycles. The van der Waals surface area contributed by atoms with Crippen molar-refractivity contribution in [2.75, 3.05) is 11.9 Å². The van der Waals surface area contributed by atoms with Crippen molar-refractivity contribution in [3.05, 3.63) is 59.7 Å². The summed E-state index contributed by atoms with van der Waals surface area (Å²) in [7, 11) is 1.80. The largest absolute Gasteiger partial charge is 0.345 e. The first-order chi connectivity index (χ1) is 8.61. The van der Waals surface area contributed by atoms with E-state index in [-0.39, 0.29) is 0 Å². The van der Waals surface area contributed by atoms with Crippen LogP contribution in [0.2, 0.25) is 0 Å². The molecule has 2 nitrogen and oxygen atoms in total. The number of hydrogen-bond acceptors (Lipinski definition) is 2. The van der Waals surface area contributed by atoms with E-state index in [4.69, 9.17) is 5.73 Å². The van der Waals surface area contributed by atoms with Crippen LogP contribution in [0.4, 0.5) is 20.2 Å². The average molecular weight is 248 g/mol. The van der Waals surface area contributed by atoms with E-state index in [1.807, 2.05) is 24.3 Å². The van der Waals surface area contributed by atoms with Crippen molar-refractivity contribution in [1.29, 1.82) is 0 Å². The van der Waals surface area contributed by atoms with Crippen molar-refractivity contribution in [1.82, 2.24) is 0 Å². The number of nitrogens with two attached hydrogens (primary N) is 1. The van der Waals surface area contributed by atoms with Crippen LogP contribution in [0.3, 0.4) is 0 Å². The van der Waals surface area contributed by atoms with Gasteiger partial charge in [0.25, 0.3) is 0 Å². The number of benzene rings is 2. The monoisotopic (exact) mass is 248 g/mol. The van der Waals surface area contributed by atoms with E-state index < -0.39 is 11.6 Å². The lowest BCUT2D eigenvalue weighted by Gasteiger charge is -2.19. The molecule has 0 radical (unpaired) electrons. The summed E-state index contributed by atoms with van der Waals surface area (Å²) >= 11 is 0. The van der Waals surface area contributed by atoms with Crippen molar-refractivity contribution in [3.8, 4) is 0 Å².